The molecule has 0 aliphatic carbocycles. The van der Waals surface area contributed by atoms with Crippen LogP contribution in [0.15, 0.2) is 34.2 Å². The zero-order valence-electron chi connectivity index (χ0n) is 14.0. The van der Waals surface area contributed by atoms with E-state index in [1.165, 1.54) is 30.3 Å². The van der Waals surface area contributed by atoms with Crippen molar-refractivity contribution in [1.82, 2.24) is 4.90 Å². The highest BCUT2D eigenvalue weighted by Gasteiger charge is 2.33. The maximum Gasteiger partial charge on any atom is 0.288 e. The summed E-state index contributed by atoms with van der Waals surface area (Å²) in [6.07, 6.45) is 3.43. The molecule has 2 aliphatic heterocycles. The van der Waals surface area contributed by atoms with Gasteiger partial charge in [0.2, 0.25) is 5.91 Å². The number of aliphatic imine (C=N–C) groups is 1. The second-order valence-electron chi connectivity index (χ2n) is 6.04. The number of likely N-dealkylation sites (tertiary alicyclic amines) is 1. The summed E-state index contributed by atoms with van der Waals surface area (Å²) in [5.41, 5.74) is 0.515. The third kappa shape index (κ3) is 5.20. The minimum Gasteiger partial charge on any atom is -0.351 e. The van der Waals surface area contributed by atoms with E-state index < -0.39 is 11.0 Å². The second kappa shape index (κ2) is 8.85. The molecule has 2 amide bonds. The van der Waals surface area contributed by atoms with Gasteiger partial charge in [0.15, 0.2) is 5.17 Å². The van der Waals surface area contributed by atoms with Crippen LogP contribution in [0.1, 0.15) is 25.7 Å². The van der Waals surface area contributed by atoms with Crippen molar-refractivity contribution in [2.75, 3.05) is 18.4 Å². The first kappa shape index (κ1) is 19.2. The van der Waals surface area contributed by atoms with Crippen LogP contribution in [0, 0.1) is 0 Å². The fourth-order valence-corrected chi connectivity index (χ4v) is 4.45. The molecule has 0 unspecified atom stereocenters. The highest BCUT2D eigenvalue weighted by molar-refractivity contribution is 8.15. The number of piperidine rings is 1. The van der Waals surface area contributed by atoms with Gasteiger partial charge in [0.25, 0.3) is 11.7 Å². The van der Waals surface area contributed by atoms with E-state index in [0.717, 1.165) is 31.1 Å². The van der Waals surface area contributed by atoms with Crippen molar-refractivity contribution in [3.8, 4) is 0 Å². The SMILES string of the molecule is O=C(C[C@H]1SC(N2CCCCC2)=NC1=O)Nc1ccc(SC(F)F)cc1. The average molecular weight is 399 g/mol. The first-order chi connectivity index (χ1) is 12.5. The van der Waals surface area contributed by atoms with Crippen LogP contribution in [-0.2, 0) is 9.59 Å². The lowest BCUT2D eigenvalue weighted by Gasteiger charge is -2.27. The summed E-state index contributed by atoms with van der Waals surface area (Å²) in [7, 11) is 0. The van der Waals surface area contributed by atoms with E-state index >= 15 is 0 Å². The normalized spacial score (nSPS) is 20.4. The third-order valence-corrected chi connectivity index (χ3v) is 6.03. The number of halogens is 2. The molecule has 5 nitrogen and oxygen atoms in total. The Labute approximate surface area is 159 Å². The Morgan fingerprint density at radius 2 is 1.96 bits per heavy atom. The molecule has 2 heterocycles. The van der Waals surface area contributed by atoms with Crippen LogP contribution in [0.2, 0.25) is 0 Å². The lowest BCUT2D eigenvalue weighted by molar-refractivity contribution is -0.121. The molecule has 140 valence electrons. The summed E-state index contributed by atoms with van der Waals surface area (Å²) in [6, 6.07) is 6.20. The van der Waals surface area contributed by atoms with Gasteiger partial charge in [-0.05, 0) is 43.5 Å². The third-order valence-electron chi connectivity index (χ3n) is 4.09. The lowest BCUT2D eigenvalue weighted by atomic mass is 10.1. The quantitative estimate of drug-likeness (QED) is 0.763. The van der Waals surface area contributed by atoms with Crippen molar-refractivity contribution in [2.24, 2.45) is 4.99 Å². The van der Waals surface area contributed by atoms with Crippen LogP contribution in [0.25, 0.3) is 0 Å². The number of benzene rings is 1. The minimum atomic E-state index is -2.48. The molecule has 0 aromatic heterocycles. The monoisotopic (exact) mass is 399 g/mol. The van der Waals surface area contributed by atoms with Crippen LogP contribution in [0.4, 0.5) is 14.5 Å². The van der Waals surface area contributed by atoms with Gasteiger partial charge >= 0.3 is 0 Å². The van der Waals surface area contributed by atoms with Crippen molar-refractivity contribution in [1.29, 1.82) is 0 Å². The van der Waals surface area contributed by atoms with E-state index in [2.05, 4.69) is 15.2 Å². The molecule has 3 rings (SSSR count). The smallest absolute Gasteiger partial charge is 0.288 e. The maximum atomic E-state index is 12.3. The van der Waals surface area contributed by atoms with Gasteiger partial charge in [0.05, 0.1) is 0 Å². The van der Waals surface area contributed by atoms with Crippen LogP contribution in [0.5, 0.6) is 0 Å². The number of rotatable bonds is 5. The molecule has 0 spiro atoms. The Morgan fingerprint density at radius 1 is 1.27 bits per heavy atom. The number of anilines is 1. The summed E-state index contributed by atoms with van der Waals surface area (Å²) >= 11 is 1.80. The largest absolute Gasteiger partial charge is 0.351 e. The van der Waals surface area contributed by atoms with Crippen molar-refractivity contribution in [3.63, 3.8) is 0 Å². The van der Waals surface area contributed by atoms with Gasteiger partial charge in [-0.1, -0.05) is 23.5 Å². The summed E-state index contributed by atoms with van der Waals surface area (Å²) in [5.74, 6) is -3.04. The fraction of sp³-hybridized carbons (Fsp3) is 0.471. The molecular formula is C17H19F2N3O2S2. The number of nitrogens with zero attached hydrogens (tertiary/aromatic N) is 2. The van der Waals surface area contributed by atoms with Gasteiger partial charge in [-0.2, -0.15) is 13.8 Å². The van der Waals surface area contributed by atoms with E-state index in [0.29, 0.717) is 22.3 Å². The fourth-order valence-electron chi connectivity index (χ4n) is 2.83. The van der Waals surface area contributed by atoms with Crippen LogP contribution in [0.3, 0.4) is 0 Å². The Hall–Kier alpha value is -1.61. The standard InChI is InChI=1S/C17H19F2N3O2S2/c18-16(19)25-12-6-4-11(5-7-12)20-14(23)10-13-15(24)21-17(26-13)22-8-2-1-3-9-22/h4-7,13,16H,1-3,8-10H2,(H,20,23)/t13-/m1/s1. The number of amidine groups is 1. The zero-order valence-corrected chi connectivity index (χ0v) is 15.6. The second-order valence-corrected chi connectivity index (χ2v) is 8.28. The Bertz CT molecular complexity index is 692. The van der Waals surface area contributed by atoms with E-state index in [1.807, 2.05) is 0 Å². The average Bonchev–Trinajstić information content (AvgIpc) is 2.97. The molecule has 1 aromatic rings. The number of carbonyl (C=O) groups is 2. The first-order valence-corrected chi connectivity index (χ1v) is 10.2. The van der Waals surface area contributed by atoms with Crippen molar-refractivity contribution < 1.29 is 18.4 Å². The lowest BCUT2D eigenvalue weighted by Crippen LogP contribution is -2.33. The van der Waals surface area contributed by atoms with Crippen molar-refractivity contribution >= 4 is 46.2 Å². The summed E-state index contributed by atoms with van der Waals surface area (Å²) in [6.45, 7) is 1.81. The number of carbonyl (C=O) groups excluding carboxylic acids is 2. The maximum absolute atomic E-state index is 12.3. The molecule has 1 fully saturated rings. The van der Waals surface area contributed by atoms with Crippen molar-refractivity contribution in [3.05, 3.63) is 24.3 Å². The van der Waals surface area contributed by atoms with Crippen LogP contribution in [-0.4, -0.2) is 46.0 Å². The number of hydrogen-bond acceptors (Lipinski definition) is 5. The molecule has 9 heteroatoms. The number of amides is 2. The van der Waals surface area contributed by atoms with E-state index in [9.17, 15) is 18.4 Å². The van der Waals surface area contributed by atoms with Gasteiger partial charge in [0, 0.05) is 30.1 Å². The molecule has 0 saturated carbocycles. The van der Waals surface area contributed by atoms with Gasteiger partial charge in [0.1, 0.15) is 5.25 Å². The zero-order chi connectivity index (χ0) is 18.5. The minimum absolute atomic E-state index is 0.0396. The summed E-state index contributed by atoms with van der Waals surface area (Å²) < 4.78 is 24.6. The molecule has 2 aliphatic rings. The highest BCUT2D eigenvalue weighted by Crippen LogP contribution is 2.29. The van der Waals surface area contributed by atoms with Gasteiger partial charge in [-0.3, -0.25) is 9.59 Å². The number of alkyl halides is 2. The van der Waals surface area contributed by atoms with Gasteiger partial charge < -0.3 is 10.2 Å². The molecule has 1 atom stereocenters. The molecule has 0 radical (unpaired) electrons. The predicted molar refractivity (Wildman–Crippen MR) is 101 cm³/mol. The topological polar surface area (TPSA) is 61.8 Å². The van der Waals surface area contributed by atoms with E-state index in [4.69, 9.17) is 0 Å². The highest BCUT2D eigenvalue weighted by atomic mass is 32.2. The number of thioether (sulfide) groups is 2. The van der Waals surface area contributed by atoms with E-state index in [-0.39, 0.29) is 18.2 Å². The molecule has 1 aromatic carbocycles. The van der Waals surface area contributed by atoms with E-state index in [1.54, 1.807) is 12.1 Å². The summed E-state index contributed by atoms with van der Waals surface area (Å²) in [4.78, 5) is 30.9. The molecule has 26 heavy (non-hydrogen) atoms. The number of nitrogens with one attached hydrogen (secondary N) is 1. The molecule has 0 bridgehead atoms. The first-order valence-electron chi connectivity index (χ1n) is 8.40. The molecular weight excluding hydrogens is 380 g/mol. The molecule has 1 saturated heterocycles. The summed E-state index contributed by atoms with van der Waals surface area (Å²) in [5, 5.41) is 2.92. The number of hydrogen-bond donors (Lipinski definition) is 1. The molecule has 1 N–H and O–H groups in total. The van der Waals surface area contributed by atoms with Crippen LogP contribution < -0.4 is 5.32 Å². The van der Waals surface area contributed by atoms with Crippen LogP contribution >= 0.6 is 23.5 Å². The Kier molecular flexibility index (Phi) is 6.53. The van der Waals surface area contributed by atoms with Gasteiger partial charge in [-0.25, -0.2) is 0 Å². The van der Waals surface area contributed by atoms with Gasteiger partial charge in [-0.15, -0.1) is 0 Å². The van der Waals surface area contributed by atoms with Crippen molar-refractivity contribution in [2.45, 2.75) is 41.6 Å². The Morgan fingerprint density at radius 3 is 2.62 bits per heavy atom. The predicted octanol–water partition coefficient (Wildman–Crippen LogP) is 3.81. The Balaban J connectivity index is 1.50.